The Kier molecular flexibility index (Phi) is 5.18. The van der Waals surface area contributed by atoms with Crippen LogP contribution in [0.4, 0.5) is 24.9 Å². The second kappa shape index (κ2) is 7.78. The molecule has 1 unspecified atom stereocenters. The van der Waals surface area contributed by atoms with E-state index in [1.54, 1.807) is 12.3 Å². The van der Waals surface area contributed by atoms with Gasteiger partial charge in [0.15, 0.2) is 5.65 Å². The molecule has 3 heterocycles. The van der Waals surface area contributed by atoms with Crippen LogP contribution in [0.3, 0.4) is 0 Å². The second-order valence-corrected chi connectivity index (χ2v) is 6.76. The molecule has 10 heteroatoms. The highest BCUT2D eigenvalue weighted by Gasteiger charge is 2.32. The molecule has 3 aromatic rings. The first-order valence-corrected chi connectivity index (χ1v) is 9.14. The van der Waals surface area contributed by atoms with Gasteiger partial charge >= 0.3 is 6.18 Å². The molecule has 0 aliphatic carbocycles. The number of ether oxygens (including phenoxy) is 1. The molecule has 152 valence electrons. The fraction of sp³-hybridized carbons (Fsp3) is 0.368. The predicted molar refractivity (Wildman–Crippen MR) is 102 cm³/mol. The number of hydrogen-bond donors (Lipinski definition) is 1. The Balaban J connectivity index is 1.69. The molecule has 1 N–H and O–H groups in total. The number of nitrogens with zero attached hydrogens (tertiary/aromatic N) is 5. The van der Waals surface area contributed by atoms with Crippen molar-refractivity contribution < 1.29 is 17.9 Å². The van der Waals surface area contributed by atoms with Crippen LogP contribution in [0.25, 0.3) is 11.0 Å². The molecule has 1 fully saturated rings. The standard InChI is InChI=1S/C19H19F3N6O/c1-12-10-29-7-6-28(12)18-26-16(14-9-23-11-25-17(14)27-18)24-8-13-4-2-3-5-15(13)19(20,21)22/h2-5,9,11-12H,6-8,10H2,1H3,(H,23,24,25,26,27). The third-order valence-corrected chi connectivity index (χ3v) is 4.76. The third kappa shape index (κ3) is 4.07. The van der Waals surface area contributed by atoms with Gasteiger partial charge in [-0.15, -0.1) is 0 Å². The van der Waals surface area contributed by atoms with E-state index >= 15 is 0 Å². The molecule has 0 radical (unpaired) electrons. The largest absolute Gasteiger partial charge is 0.416 e. The van der Waals surface area contributed by atoms with Gasteiger partial charge in [0.2, 0.25) is 5.95 Å². The summed E-state index contributed by atoms with van der Waals surface area (Å²) in [6.45, 7) is 3.67. The molecule has 1 aliphatic rings. The SMILES string of the molecule is CC1COCCN1c1nc(NCc2ccccc2C(F)(F)F)c2cncnc2n1. The number of anilines is 2. The average molecular weight is 404 g/mol. The van der Waals surface area contributed by atoms with Crippen molar-refractivity contribution >= 4 is 22.8 Å². The molecule has 2 aromatic heterocycles. The number of hydrogen-bond acceptors (Lipinski definition) is 7. The van der Waals surface area contributed by atoms with Crippen molar-refractivity contribution in [3.8, 4) is 0 Å². The maximum absolute atomic E-state index is 13.3. The first-order valence-electron chi connectivity index (χ1n) is 9.14. The van der Waals surface area contributed by atoms with Gasteiger partial charge in [0.25, 0.3) is 0 Å². The minimum absolute atomic E-state index is 0.0468. The molecule has 1 aromatic carbocycles. The van der Waals surface area contributed by atoms with E-state index in [0.29, 0.717) is 42.6 Å². The highest BCUT2D eigenvalue weighted by molar-refractivity contribution is 5.86. The highest BCUT2D eigenvalue weighted by Crippen LogP contribution is 2.32. The Morgan fingerprint density at radius 1 is 1.24 bits per heavy atom. The van der Waals surface area contributed by atoms with E-state index in [1.807, 2.05) is 11.8 Å². The smallest absolute Gasteiger partial charge is 0.377 e. The van der Waals surface area contributed by atoms with E-state index < -0.39 is 11.7 Å². The zero-order chi connectivity index (χ0) is 20.4. The Labute approximate surface area is 165 Å². The summed E-state index contributed by atoms with van der Waals surface area (Å²) in [6.07, 6.45) is -1.50. The fourth-order valence-corrected chi connectivity index (χ4v) is 3.28. The van der Waals surface area contributed by atoms with Gasteiger partial charge < -0.3 is 15.0 Å². The van der Waals surface area contributed by atoms with Crippen molar-refractivity contribution in [3.63, 3.8) is 0 Å². The maximum Gasteiger partial charge on any atom is 0.416 e. The molecule has 1 aliphatic heterocycles. The van der Waals surface area contributed by atoms with E-state index in [2.05, 4.69) is 25.3 Å². The zero-order valence-corrected chi connectivity index (χ0v) is 15.6. The Morgan fingerprint density at radius 2 is 2.07 bits per heavy atom. The monoisotopic (exact) mass is 404 g/mol. The summed E-state index contributed by atoms with van der Waals surface area (Å²) in [5.74, 6) is 0.847. The number of alkyl halides is 3. The van der Waals surface area contributed by atoms with Crippen molar-refractivity contribution in [2.75, 3.05) is 30.0 Å². The van der Waals surface area contributed by atoms with Gasteiger partial charge in [-0.05, 0) is 18.6 Å². The predicted octanol–water partition coefficient (Wildman–Crippen LogP) is 3.28. The van der Waals surface area contributed by atoms with Gasteiger partial charge in [-0.3, -0.25) is 0 Å². The minimum Gasteiger partial charge on any atom is -0.377 e. The van der Waals surface area contributed by atoms with Crippen molar-refractivity contribution in [3.05, 3.63) is 47.9 Å². The van der Waals surface area contributed by atoms with Gasteiger partial charge in [0.05, 0.1) is 30.2 Å². The van der Waals surface area contributed by atoms with Crippen LogP contribution in [0.5, 0.6) is 0 Å². The average Bonchev–Trinajstić information content (AvgIpc) is 2.71. The molecule has 0 spiro atoms. The molecule has 1 atom stereocenters. The quantitative estimate of drug-likeness (QED) is 0.715. The molecule has 29 heavy (non-hydrogen) atoms. The summed E-state index contributed by atoms with van der Waals surface area (Å²) in [5.41, 5.74) is -0.121. The molecule has 4 rings (SSSR count). The van der Waals surface area contributed by atoms with Gasteiger partial charge in [-0.2, -0.15) is 23.1 Å². The van der Waals surface area contributed by atoms with E-state index in [1.165, 1.54) is 18.5 Å². The fourth-order valence-electron chi connectivity index (χ4n) is 3.28. The van der Waals surface area contributed by atoms with Gasteiger partial charge in [0.1, 0.15) is 12.1 Å². The van der Waals surface area contributed by atoms with Gasteiger partial charge in [-0.25, -0.2) is 9.97 Å². The van der Waals surface area contributed by atoms with Crippen LogP contribution in [-0.4, -0.2) is 45.7 Å². The maximum atomic E-state index is 13.3. The molecular formula is C19H19F3N6O. The topological polar surface area (TPSA) is 76.1 Å². The first-order chi connectivity index (χ1) is 13.9. The molecule has 0 bridgehead atoms. The Morgan fingerprint density at radius 3 is 2.86 bits per heavy atom. The van der Waals surface area contributed by atoms with Crippen molar-refractivity contribution in [1.29, 1.82) is 0 Å². The van der Waals surface area contributed by atoms with Gasteiger partial charge in [-0.1, -0.05) is 18.2 Å². The van der Waals surface area contributed by atoms with E-state index in [4.69, 9.17) is 4.74 Å². The number of rotatable bonds is 4. The van der Waals surface area contributed by atoms with Crippen LogP contribution in [0.15, 0.2) is 36.8 Å². The summed E-state index contributed by atoms with van der Waals surface area (Å²) < 4.78 is 45.3. The van der Waals surface area contributed by atoms with Crippen LogP contribution >= 0.6 is 0 Å². The number of benzene rings is 1. The van der Waals surface area contributed by atoms with E-state index in [9.17, 15) is 13.2 Å². The summed E-state index contributed by atoms with van der Waals surface area (Å²) in [6, 6.07) is 5.54. The number of aromatic nitrogens is 4. The second-order valence-electron chi connectivity index (χ2n) is 6.76. The van der Waals surface area contributed by atoms with E-state index in [-0.39, 0.29) is 18.2 Å². The lowest BCUT2D eigenvalue weighted by molar-refractivity contribution is -0.138. The van der Waals surface area contributed by atoms with Crippen molar-refractivity contribution in [1.82, 2.24) is 19.9 Å². The van der Waals surface area contributed by atoms with Crippen LogP contribution in [0.1, 0.15) is 18.1 Å². The first kappa shape index (κ1) is 19.3. The van der Waals surface area contributed by atoms with Crippen LogP contribution in [-0.2, 0) is 17.5 Å². The van der Waals surface area contributed by atoms with Crippen molar-refractivity contribution in [2.24, 2.45) is 0 Å². The van der Waals surface area contributed by atoms with E-state index in [0.717, 1.165) is 6.07 Å². The number of nitrogens with one attached hydrogen (secondary N) is 1. The number of morpholine rings is 1. The molecule has 7 nitrogen and oxygen atoms in total. The summed E-state index contributed by atoms with van der Waals surface area (Å²) in [7, 11) is 0. The van der Waals surface area contributed by atoms with Crippen LogP contribution in [0, 0.1) is 0 Å². The van der Waals surface area contributed by atoms with Gasteiger partial charge in [0, 0.05) is 19.3 Å². The highest BCUT2D eigenvalue weighted by atomic mass is 19.4. The minimum atomic E-state index is -4.43. The lowest BCUT2D eigenvalue weighted by Gasteiger charge is -2.33. The van der Waals surface area contributed by atoms with Crippen LogP contribution in [0.2, 0.25) is 0 Å². The summed E-state index contributed by atoms with van der Waals surface area (Å²) in [5, 5.41) is 3.56. The third-order valence-electron chi connectivity index (χ3n) is 4.76. The van der Waals surface area contributed by atoms with Crippen LogP contribution < -0.4 is 10.2 Å². The summed E-state index contributed by atoms with van der Waals surface area (Å²) >= 11 is 0. The normalized spacial score (nSPS) is 17.5. The molecule has 0 saturated carbocycles. The Bertz CT molecular complexity index is 1010. The molecular weight excluding hydrogens is 385 g/mol. The lowest BCUT2D eigenvalue weighted by atomic mass is 10.1. The molecule has 0 amide bonds. The van der Waals surface area contributed by atoms with Crippen molar-refractivity contribution in [2.45, 2.75) is 25.7 Å². The number of halogens is 3. The zero-order valence-electron chi connectivity index (χ0n) is 15.6. The Hall–Kier alpha value is -3.01. The lowest BCUT2D eigenvalue weighted by Crippen LogP contribution is -2.44. The summed E-state index contributed by atoms with van der Waals surface area (Å²) in [4.78, 5) is 19.3. The number of fused-ring (bicyclic) bond motifs is 1. The molecule has 1 saturated heterocycles.